The van der Waals surface area contributed by atoms with Crippen LogP contribution >= 0.6 is 0 Å². The van der Waals surface area contributed by atoms with Gasteiger partial charge in [0.1, 0.15) is 5.82 Å². The second-order valence-electron chi connectivity index (χ2n) is 6.25. The highest BCUT2D eigenvalue weighted by Crippen LogP contribution is 2.23. The molecule has 1 aromatic heterocycles. The zero-order chi connectivity index (χ0) is 15.5. The summed E-state index contributed by atoms with van der Waals surface area (Å²) in [6, 6.07) is -0.144. The maximum Gasteiger partial charge on any atom is 0.227 e. The third-order valence-electron chi connectivity index (χ3n) is 4.65. The van der Waals surface area contributed by atoms with Gasteiger partial charge in [0, 0.05) is 19.5 Å². The third-order valence-corrected chi connectivity index (χ3v) is 4.65. The van der Waals surface area contributed by atoms with Crippen molar-refractivity contribution < 1.29 is 4.79 Å². The van der Waals surface area contributed by atoms with Crippen LogP contribution in [-0.2, 0) is 17.8 Å². The van der Waals surface area contributed by atoms with Crippen LogP contribution in [-0.4, -0.2) is 27.2 Å². The number of nitrogens with two attached hydrogens (primary N) is 1. The van der Waals surface area contributed by atoms with E-state index >= 15 is 0 Å². The van der Waals surface area contributed by atoms with Gasteiger partial charge in [-0.25, -0.2) is 0 Å². The molecule has 118 valence electrons. The number of amides is 1. The van der Waals surface area contributed by atoms with Crippen molar-refractivity contribution in [1.29, 1.82) is 0 Å². The molecule has 0 aromatic carbocycles. The molecule has 0 aliphatic carbocycles. The lowest BCUT2D eigenvalue weighted by Crippen LogP contribution is -2.44. The lowest BCUT2D eigenvalue weighted by atomic mass is 9.86. The Morgan fingerprint density at radius 1 is 1.43 bits per heavy atom. The average molecular weight is 293 g/mol. The van der Waals surface area contributed by atoms with E-state index in [9.17, 15) is 4.79 Å². The quantitative estimate of drug-likeness (QED) is 0.862. The van der Waals surface area contributed by atoms with Crippen LogP contribution in [0.2, 0.25) is 0 Å². The average Bonchev–Trinajstić information content (AvgIpc) is 2.75. The Morgan fingerprint density at radius 2 is 2.19 bits per heavy atom. The molecule has 1 aliphatic rings. The minimum absolute atomic E-state index is 0.00836. The van der Waals surface area contributed by atoms with E-state index in [4.69, 9.17) is 5.73 Å². The van der Waals surface area contributed by atoms with Crippen LogP contribution in [0, 0.1) is 5.41 Å². The molecule has 0 radical (unpaired) electrons. The molecule has 21 heavy (non-hydrogen) atoms. The van der Waals surface area contributed by atoms with Crippen molar-refractivity contribution in [3.8, 4) is 0 Å². The van der Waals surface area contributed by atoms with E-state index < -0.39 is 5.41 Å². The number of nitrogens with zero attached hydrogens (tertiary/aromatic N) is 3. The fourth-order valence-corrected chi connectivity index (χ4v) is 2.66. The van der Waals surface area contributed by atoms with Gasteiger partial charge in [0.15, 0.2) is 5.82 Å². The Kier molecular flexibility index (Phi) is 4.98. The highest BCUT2D eigenvalue weighted by Gasteiger charge is 2.31. The molecule has 6 nitrogen and oxygen atoms in total. The normalized spacial score (nSPS) is 19.2. The summed E-state index contributed by atoms with van der Waals surface area (Å²) < 4.78 is 2.17. The maximum absolute atomic E-state index is 12.4. The zero-order valence-corrected chi connectivity index (χ0v) is 13.4. The summed E-state index contributed by atoms with van der Waals surface area (Å²) in [5.41, 5.74) is 5.23. The smallest absolute Gasteiger partial charge is 0.227 e. The standard InChI is InChI=1S/C15H27N5O/c1-4-15(3,10-16)14(21)17-11(2)13-19-18-12-8-6-5-7-9-20(12)13/h11H,4-10,16H2,1-3H3,(H,17,21). The Bertz CT molecular complexity index is 492. The summed E-state index contributed by atoms with van der Waals surface area (Å²) in [5, 5.41) is 11.6. The first kappa shape index (κ1) is 15.9. The van der Waals surface area contributed by atoms with Gasteiger partial charge in [-0.3, -0.25) is 4.79 Å². The second kappa shape index (κ2) is 6.56. The van der Waals surface area contributed by atoms with E-state index in [0.29, 0.717) is 6.54 Å². The number of aromatic nitrogens is 3. The lowest BCUT2D eigenvalue weighted by Gasteiger charge is -2.27. The SMILES string of the molecule is CCC(C)(CN)C(=O)NC(C)c1nnc2n1CCCCC2. The van der Waals surface area contributed by atoms with Gasteiger partial charge in [-0.2, -0.15) is 0 Å². The van der Waals surface area contributed by atoms with E-state index in [1.54, 1.807) is 0 Å². The summed E-state index contributed by atoms with van der Waals surface area (Å²) >= 11 is 0. The van der Waals surface area contributed by atoms with Crippen LogP contribution in [0.25, 0.3) is 0 Å². The molecule has 6 heteroatoms. The molecule has 0 bridgehead atoms. The molecule has 1 amide bonds. The Labute approximate surface area is 126 Å². The van der Waals surface area contributed by atoms with Crippen molar-refractivity contribution in [2.45, 2.75) is 65.5 Å². The zero-order valence-electron chi connectivity index (χ0n) is 13.4. The highest BCUT2D eigenvalue weighted by molar-refractivity contribution is 5.82. The molecule has 2 heterocycles. The van der Waals surface area contributed by atoms with Crippen LogP contribution < -0.4 is 11.1 Å². The van der Waals surface area contributed by atoms with Crippen LogP contribution in [0.4, 0.5) is 0 Å². The van der Waals surface area contributed by atoms with Crippen molar-refractivity contribution in [3.05, 3.63) is 11.6 Å². The predicted octanol–water partition coefficient (Wildman–Crippen LogP) is 1.56. The summed E-state index contributed by atoms with van der Waals surface area (Å²) in [5.74, 6) is 1.89. The monoisotopic (exact) mass is 293 g/mol. The first-order valence-electron chi connectivity index (χ1n) is 7.95. The van der Waals surface area contributed by atoms with Crippen molar-refractivity contribution in [2.24, 2.45) is 11.1 Å². The van der Waals surface area contributed by atoms with Crippen LogP contribution in [0.1, 0.15) is 64.1 Å². The van der Waals surface area contributed by atoms with Gasteiger partial charge >= 0.3 is 0 Å². The molecule has 2 rings (SSSR count). The second-order valence-corrected chi connectivity index (χ2v) is 6.25. The van der Waals surface area contributed by atoms with Gasteiger partial charge < -0.3 is 15.6 Å². The van der Waals surface area contributed by atoms with Gasteiger partial charge in [-0.1, -0.05) is 13.3 Å². The van der Waals surface area contributed by atoms with Gasteiger partial charge in [-0.05, 0) is 33.1 Å². The first-order chi connectivity index (χ1) is 10.0. The summed E-state index contributed by atoms with van der Waals surface area (Å²) in [6.07, 6.45) is 5.24. The number of aryl methyl sites for hydroxylation is 1. The van der Waals surface area contributed by atoms with Gasteiger partial charge in [0.2, 0.25) is 5.91 Å². The summed E-state index contributed by atoms with van der Waals surface area (Å²) in [4.78, 5) is 12.4. The molecular formula is C15H27N5O. The van der Waals surface area contributed by atoms with E-state index in [1.165, 1.54) is 12.8 Å². The van der Waals surface area contributed by atoms with Gasteiger partial charge in [0.25, 0.3) is 0 Å². The Morgan fingerprint density at radius 3 is 2.86 bits per heavy atom. The highest BCUT2D eigenvalue weighted by atomic mass is 16.2. The van der Waals surface area contributed by atoms with Crippen LogP contribution in [0.5, 0.6) is 0 Å². The fourth-order valence-electron chi connectivity index (χ4n) is 2.66. The molecule has 0 spiro atoms. The number of rotatable bonds is 5. The third kappa shape index (κ3) is 3.26. The van der Waals surface area contributed by atoms with Gasteiger partial charge in [-0.15, -0.1) is 10.2 Å². The summed E-state index contributed by atoms with van der Waals surface area (Å²) in [7, 11) is 0. The molecule has 0 fully saturated rings. The number of carbonyl (C=O) groups excluding carboxylic acids is 1. The summed E-state index contributed by atoms with van der Waals surface area (Å²) in [6.45, 7) is 7.14. The van der Waals surface area contributed by atoms with Gasteiger partial charge in [0.05, 0.1) is 11.5 Å². The molecule has 2 unspecified atom stereocenters. The predicted molar refractivity (Wildman–Crippen MR) is 81.6 cm³/mol. The topological polar surface area (TPSA) is 85.8 Å². The number of hydrogen-bond acceptors (Lipinski definition) is 4. The minimum atomic E-state index is -0.518. The number of hydrogen-bond donors (Lipinski definition) is 2. The van der Waals surface area contributed by atoms with E-state index in [0.717, 1.165) is 37.5 Å². The van der Waals surface area contributed by atoms with E-state index in [2.05, 4.69) is 20.1 Å². The number of nitrogens with one attached hydrogen (secondary N) is 1. The molecule has 2 atom stereocenters. The van der Waals surface area contributed by atoms with Crippen LogP contribution in [0.15, 0.2) is 0 Å². The largest absolute Gasteiger partial charge is 0.346 e. The van der Waals surface area contributed by atoms with Crippen molar-refractivity contribution >= 4 is 5.91 Å². The molecule has 1 aromatic rings. The molecular weight excluding hydrogens is 266 g/mol. The first-order valence-corrected chi connectivity index (χ1v) is 7.95. The maximum atomic E-state index is 12.4. The lowest BCUT2D eigenvalue weighted by molar-refractivity contribution is -0.130. The molecule has 0 saturated heterocycles. The molecule has 3 N–H and O–H groups in total. The van der Waals surface area contributed by atoms with E-state index in [-0.39, 0.29) is 11.9 Å². The number of fused-ring (bicyclic) bond motifs is 1. The van der Waals surface area contributed by atoms with Crippen molar-refractivity contribution in [1.82, 2.24) is 20.1 Å². The Hall–Kier alpha value is -1.43. The minimum Gasteiger partial charge on any atom is -0.346 e. The fraction of sp³-hybridized carbons (Fsp3) is 0.800. The molecule has 1 aliphatic heterocycles. The van der Waals surface area contributed by atoms with Crippen LogP contribution in [0.3, 0.4) is 0 Å². The van der Waals surface area contributed by atoms with Crippen molar-refractivity contribution in [3.63, 3.8) is 0 Å². The number of carbonyl (C=O) groups is 1. The van der Waals surface area contributed by atoms with E-state index in [1.807, 2.05) is 20.8 Å². The van der Waals surface area contributed by atoms with Crippen molar-refractivity contribution in [2.75, 3.05) is 6.54 Å². The molecule has 0 saturated carbocycles. The Balaban J connectivity index is 2.12.